The second kappa shape index (κ2) is 5.56. The molecule has 0 aliphatic carbocycles. The number of halogens is 1. The van der Waals surface area contributed by atoms with Crippen LogP contribution in [0.3, 0.4) is 0 Å². The van der Waals surface area contributed by atoms with Crippen LogP contribution in [0.4, 0.5) is 0 Å². The molecular formula is C14H10ClNO3S. The number of carbonyl (C=O) groups excluding carboxylic acids is 1. The SMILES string of the molecule is O=C(NCc1ccc(-c2ccoc2)o1)c1ccc(Cl)s1. The fraction of sp³-hybridized carbons (Fsp3) is 0.0714. The van der Waals surface area contributed by atoms with Gasteiger partial charge in [-0.15, -0.1) is 11.3 Å². The highest BCUT2D eigenvalue weighted by Gasteiger charge is 2.10. The van der Waals surface area contributed by atoms with Crippen LogP contribution < -0.4 is 5.32 Å². The standard InChI is InChI=1S/C14H10ClNO3S/c15-13-4-3-12(20-13)14(17)16-7-10-1-2-11(19-10)9-5-6-18-8-9/h1-6,8H,7H2,(H,16,17). The fourth-order valence-electron chi connectivity index (χ4n) is 1.72. The van der Waals surface area contributed by atoms with Gasteiger partial charge in [-0.1, -0.05) is 11.6 Å². The number of hydrogen-bond acceptors (Lipinski definition) is 4. The van der Waals surface area contributed by atoms with Crippen LogP contribution in [0.15, 0.2) is 51.7 Å². The lowest BCUT2D eigenvalue weighted by atomic mass is 10.3. The number of thiophene rings is 1. The van der Waals surface area contributed by atoms with Gasteiger partial charge in [-0.3, -0.25) is 4.79 Å². The maximum Gasteiger partial charge on any atom is 0.261 e. The van der Waals surface area contributed by atoms with Crippen LogP contribution in [-0.2, 0) is 6.54 Å². The van der Waals surface area contributed by atoms with E-state index in [0.29, 0.717) is 27.3 Å². The first-order valence-corrected chi connectivity index (χ1v) is 7.06. The maximum absolute atomic E-state index is 11.9. The van der Waals surface area contributed by atoms with Gasteiger partial charge in [0, 0.05) is 0 Å². The first-order chi connectivity index (χ1) is 9.72. The van der Waals surface area contributed by atoms with Crippen LogP contribution in [0.1, 0.15) is 15.4 Å². The number of hydrogen-bond donors (Lipinski definition) is 1. The summed E-state index contributed by atoms with van der Waals surface area (Å²) in [6.45, 7) is 0.326. The van der Waals surface area contributed by atoms with Gasteiger partial charge >= 0.3 is 0 Å². The van der Waals surface area contributed by atoms with Crippen LogP contribution in [0.25, 0.3) is 11.3 Å². The molecule has 3 heterocycles. The number of nitrogens with one attached hydrogen (secondary N) is 1. The normalized spacial score (nSPS) is 10.7. The summed E-state index contributed by atoms with van der Waals surface area (Å²) in [6.07, 6.45) is 3.19. The lowest BCUT2D eigenvalue weighted by Gasteiger charge is -2.00. The average molecular weight is 308 g/mol. The smallest absolute Gasteiger partial charge is 0.261 e. The van der Waals surface area contributed by atoms with E-state index in [1.807, 2.05) is 18.2 Å². The largest absolute Gasteiger partial charge is 0.472 e. The summed E-state index contributed by atoms with van der Waals surface area (Å²) in [5.74, 6) is 1.22. The van der Waals surface area contributed by atoms with Gasteiger partial charge in [-0.05, 0) is 30.3 Å². The zero-order chi connectivity index (χ0) is 13.9. The van der Waals surface area contributed by atoms with E-state index in [1.54, 1.807) is 24.7 Å². The third kappa shape index (κ3) is 2.79. The molecule has 0 unspecified atom stereocenters. The molecule has 0 bridgehead atoms. The van der Waals surface area contributed by atoms with Crippen LogP contribution in [-0.4, -0.2) is 5.91 Å². The van der Waals surface area contributed by atoms with Crippen LogP contribution in [0.2, 0.25) is 4.34 Å². The van der Waals surface area contributed by atoms with Crippen molar-refractivity contribution >= 4 is 28.8 Å². The Balaban J connectivity index is 1.63. The lowest BCUT2D eigenvalue weighted by Crippen LogP contribution is -2.21. The molecule has 0 aromatic carbocycles. The summed E-state index contributed by atoms with van der Waals surface area (Å²) in [5.41, 5.74) is 0.868. The molecule has 1 amide bonds. The van der Waals surface area contributed by atoms with E-state index in [9.17, 15) is 4.79 Å². The number of furan rings is 2. The van der Waals surface area contributed by atoms with Gasteiger partial charge < -0.3 is 14.2 Å². The summed E-state index contributed by atoms with van der Waals surface area (Å²) in [6, 6.07) is 8.87. The molecule has 0 aliphatic heterocycles. The van der Waals surface area contributed by atoms with Gasteiger partial charge in [0.25, 0.3) is 5.91 Å². The van der Waals surface area contributed by atoms with E-state index < -0.39 is 0 Å². The van der Waals surface area contributed by atoms with Crippen molar-refractivity contribution in [3.8, 4) is 11.3 Å². The van der Waals surface area contributed by atoms with Gasteiger partial charge in [0.05, 0.1) is 27.6 Å². The quantitative estimate of drug-likeness (QED) is 0.786. The summed E-state index contributed by atoms with van der Waals surface area (Å²) in [5, 5.41) is 2.78. The van der Waals surface area contributed by atoms with Crippen molar-refractivity contribution in [3.63, 3.8) is 0 Å². The van der Waals surface area contributed by atoms with Gasteiger partial charge in [-0.25, -0.2) is 0 Å². The third-order valence-electron chi connectivity index (χ3n) is 2.69. The number of amides is 1. The Morgan fingerprint density at radius 2 is 2.15 bits per heavy atom. The molecule has 102 valence electrons. The van der Waals surface area contributed by atoms with E-state index in [1.165, 1.54) is 11.3 Å². The summed E-state index contributed by atoms with van der Waals surface area (Å²) in [7, 11) is 0. The minimum atomic E-state index is -0.164. The topological polar surface area (TPSA) is 55.4 Å². The minimum Gasteiger partial charge on any atom is -0.472 e. The van der Waals surface area contributed by atoms with Crippen LogP contribution in [0.5, 0.6) is 0 Å². The first-order valence-electron chi connectivity index (χ1n) is 5.87. The summed E-state index contributed by atoms with van der Waals surface area (Å²) in [4.78, 5) is 12.4. The maximum atomic E-state index is 11.9. The monoisotopic (exact) mass is 307 g/mol. The fourth-order valence-corrected chi connectivity index (χ4v) is 2.68. The molecule has 0 atom stereocenters. The van der Waals surface area contributed by atoms with E-state index in [4.69, 9.17) is 20.4 Å². The molecular weight excluding hydrogens is 298 g/mol. The predicted molar refractivity (Wildman–Crippen MR) is 76.9 cm³/mol. The lowest BCUT2D eigenvalue weighted by molar-refractivity contribution is 0.0952. The molecule has 1 N–H and O–H groups in total. The van der Waals surface area contributed by atoms with E-state index in [-0.39, 0.29) is 5.91 Å². The zero-order valence-electron chi connectivity index (χ0n) is 10.3. The highest BCUT2D eigenvalue weighted by molar-refractivity contribution is 7.17. The molecule has 6 heteroatoms. The second-order valence-electron chi connectivity index (χ2n) is 4.06. The van der Waals surface area contributed by atoms with Gasteiger partial charge in [-0.2, -0.15) is 0 Å². The Morgan fingerprint density at radius 3 is 2.85 bits per heavy atom. The molecule has 0 spiro atoms. The number of carbonyl (C=O) groups is 1. The van der Waals surface area contributed by atoms with Gasteiger partial charge in [0.15, 0.2) is 0 Å². The predicted octanol–water partition coefficient (Wildman–Crippen LogP) is 4.18. The van der Waals surface area contributed by atoms with E-state index in [2.05, 4.69) is 5.32 Å². The molecule has 0 radical (unpaired) electrons. The summed E-state index contributed by atoms with van der Waals surface area (Å²) >= 11 is 7.04. The highest BCUT2D eigenvalue weighted by atomic mass is 35.5. The van der Waals surface area contributed by atoms with Crippen molar-refractivity contribution in [1.29, 1.82) is 0 Å². The van der Waals surface area contributed by atoms with Crippen molar-refractivity contribution in [1.82, 2.24) is 5.32 Å². The van der Waals surface area contributed by atoms with Gasteiger partial charge in [0.1, 0.15) is 17.8 Å². The molecule has 3 aromatic heterocycles. The van der Waals surface area contributed by atoms with Crippen LogP contribution in [0, 0.1) is 0 Å². The Hall–Kier alpha value is -1.98. The zero-order valence-corrected chi connectivity index (χ0v) is 11.8. The molecule has 0 saturated carbocycles. The van der Waals surface area contributed by atoms with Crippen LogP contribution >= 0.6 is 22.9 Å². The molecule has 0 aliphatic rings. The molecule has 3 aromatic rings. The summed E-state index contributed by atoms with van der Waals surface area (Å²) < 4.78 is 11.2. The average Bonchev–Trinajstić information content (AvgIpc) is 3.16. The van der Waals surface area contributed by atoms with E-state index >= 15 is 0 Å². The Bertz CT molecular complexity index is 714. The number of rotatable bonds is 4. The minimum absolute atomic E-state index is 0.164. The molecule has 0 fully saturated rings. The second-order valence-corrected chi connectivity index (χ2v) is 5.78. The van der Waals surface area contributed by atoms with Crippen molar-refractivity contribution in [2.24, 2.45) is 0 Å². The Kier molecular flexibility index (Phi) is 3.62. The molecule has 4 nitrogen and oxygen atoms in total. The van der Waals surface area contributed by atoms with Crippen molar-refractivity contribution in [3.05, 3.63) is 57.8 Å². The Labute approximate surface area is 124 Å². The molecule has 3 rings (SSSR count). The van der Waals surface area contributed by atoms with E-state index in [0.717, 1.165) is 5.56 Å². The molecule has 0 saturated heterocycles. The third-order valence-corrected chi connectivity index (χ3v) is 3.92. The van der Waals surface area contributed by atoms with Crippen molar-refractivity contribution < 1.29 is 13.6 Å². The highest BCUT2D eigenvalue weighted by Crippen LogP contribution is 2.23. The van der Waals surface area contributed by atoms with Crippen molar-refractivity contribution in [2.45, 2.75) is 6.54 Å². The van der Waals surface area contributed by atoms with Crippen molar-refractivity contribution in [2.75, 3.05) is 0 Å². The van der Waals surface area contributed by atoms with Gasteiger partial charge in [0.2, 0.25) is 0 Å². The molecule has 20 heavy (non-hydrogen) atoms. The first kappa shape index (κ1) is 13.0. The Morgan fingerprint density at radius 1 is 1.25 bits per heavy atom.